The maximum absolute atomic E-state index is 11.7. The lowest BCUT2D eigenvalue weighted by molar-refractivity contribution is 0.102. The number of thiophene rings is 1. The highest BCUT2D eigenvalue weighted by Crippen LogP contribution is 2.51. The standard InChI is InChI=1S/C16H24N2OS/c1-10(19)15-14(17)13(11-8-9-11)16(20-15)18-12-6-4-2-3-5-7-12/h11-12,18H,2-9,17H2,1H3. The van der Waals surface area contributed by atoms with Crippen LogP contribution >= 0.6 is 11.3 Å². The van der Waals surface area contributed by atoms with E-state index in [4.69, 9.17) is 5.73 Å². The molecule has 20 heavy (non-hydrogen) atoms. The maximum Gasteiger partial charge on any atom is 0.171 e. The van der Waals surface area contributed by atoms with E-state index in [1.807, 2.05) is 0 Å². The summed E-state index contributed by atoms with van der Waals surface area (Å²) in [5.41, 5.74) is 8.22. The molecule has 2 aliphatic rings. The zero-order valence-electron chi connectivity index (χ0n) is 12.2. The Kier molecular flexibility index (Phi) is 4.01. The van der Waals surface area contributed by atoms with Crippen LogP contribution in [0.3, 0.4) is 0 Å². The van der Waals surface area contributed by atoms with Gasteiger partial charge in [-0.3, -0.25) is 4.79 Å². The van der Waals surface area contributed by atoms with Crippen LogP contribution in [0.5, 0.6) is 0 Å². The van der Waals surface area contributed by atoms with Gasteiger partial charge in [-0.1, -0.05) is 25.7 Å². The Morgan fingerprint density at radius 3 is 2.35 bits per heavy atom. The molecule has 3 rings (SSSR count). The predicted octanol–water partition coefficient (Wildman–Crippen LogP) is 4.55. The highest BCUT2D eigenvalue weighted by molar-refractivity contribution is 7.18. The van der Waals surface area contributed by atoms with Crippen molar-refractivity contribution >= 4 is 27.8 Å². The van der Waals surface area contributed by atoms with Crippen molar-refractivity contribution in [3.8, 4) is 0 Å². The third-order valence-corrected chi connectivity index (χ3v) is 5.73. The zero-order chi connectivity index (χ0) is 14.1. The quantitative estimate of drug-likeness (QED) is 0.632. The van der Waals surface area contributed by atoms with Gasteiger partial charge in [-0.05, 0) is 31.6 Å². The third-order valence-electron chi connectivity index (χ3n) is 4.48. The van der Waals surface area contributed by atoms with Crippen molar-refractivity contribution in [1.29, 1.82) is 0 Å². The van der Waals surface area contributed by atoms with Crippen LogP contribution in [0.15, 0.2) is 0 Å². The number of carbonyl (C=O) groups is 1. The Morgan fingerprint density at radius 1 is 1.15 bits per heavy atom. The Bertz CT molecular complexity index is 497. The van der Waals surface area contributed by atoms with Gasteiger partial charge in [-0.2, -0.15) is 0 Å². The van der Waals surface area contributed by atoms with Crippen molar-refractivity contribution in [2.24, 2.45) is 0 Å². The molecule has 0 radical (unpaired) electrons. The van der Waals surface area contributed by atoms with E-state index in [9.17, 15) is 4.79 Å². The van der Waals surface area contributed by atoms with E-state index in [1.54, 1.807) is 18.3 Å². The monoisotopic (exact) mass is 292 g/mol. The van der Waals surface area contributed by atoms with Gasteiger partial charge in [0.2, 0.25) is 0 Å². The first-order valence-electron chi connectivity index (χ1n) is 7.86. The SMILES string of the molecule is CC(=O)c1sc(NC2CCCCCC2)c(C2CC2)c1N. The van der Waals surface area contributed by atoms with Crippen LogP contribution in [0.2, 0.25) is 0 Å². The zero-order valence-corrected chi connectivity index (χ0v) is 13.0. The summed E-state index contributed by atoms with van der Waals surface area (Å²) in [5.74, 6) is 0.691. The maximum atomic E-state index is 11.7. The van der Waals surface area contributed by atoms with Crippen LogP contribution in [0.25, 0.3) is 0 Å². The summed E-state index contributed by atoms with van der Waals surface area (Å²) in [4.78, 5) is 12.5. The number of nitrogens with one attached hydrogen (secondary N) is 1. The molecule has 1 aromatic rings. The van der Waals surface area contributed by atoms with Crippen molar-refractivity contribution in [3.05, 3.63) is 10.4 Å². The topological polar surface area (TPSA) is 55.1 Å². The minimum absolute atomic E-state index is 0.100. The molecule has 4 heteroatoms. The number of carbonyl (C=O) groups excluding carboxylic acids is 1. The molecule has 1 aromatic heterocycles. The Balaban J connectivity index is 1.83. The number of nitrogens with two attached hydrogens (primary N) is 1. The molecule has 0 amide bonds. The molecule has 0 spiro atoms. The van der Waals surface area contributed by atoms with Gasteiger partial charge in [-0.25, -0.2) is 0 Å². The molecule has 0 saturated heterocycles. The van der Waals surface area contributed by atoms with Crippen LogP contribution in [-0.4, -0.2) is 11.8 Å². The van der Waals surface area contributed by atoms with Crippen LogP contribution in [0, 0.1) is 0 Å². The van der Waals surface area contributed by atoms with Crippen molar-refractivity contribution in [3.63, 3.8) is 0 Å². The summed E-state index contributed by atoms with van der Waals surface area (Å²) in [6.07, 6.45) is 10.3. The minimum atomic E-state index is 0.100. The smallest absolute Gasteiger partial charge is 0.171 e. The molecule has 3 N–H and O–H groups in total. The highest BCUT2D eigenvalue weighted by Gasteiger charge is 2.32. The molecule has 1 heterocycles. The van der Waals surface area contributed by atoms with E-state index >= 15 is 0 Å². The van der Waals surface area contributed by atoms with Crippen molar-refractivity contribution < 1.29 is 4.79 Å². The first-order chi connectivity index (χ1) is 9.66. The molecule has 0 bridgehead atoms. The number of hydrogen-bond acceptors (Lipinski definition) is 4. The first kappa shape index (κ1) is 13.9. The van der Waals surface area contributed by atoms with E-state index in [-0.39, 0.29) is 5.78 Å². The summed E-state index contributed by atoms with van der Waals surface area (Å²) in [7, 11) is 0. The number of nitrogen functional groups attached to an aromatic ring is 1. The van der Waals surface area contributed by atoms with Gasteiger partial charge in [-0.15, -0.1) is 11.3 Å². The van der Waals surface area contributed by atoms with Crippen molar-refractivity contribution in [2.75, 3.05) is 11.1 Å². The summed E-state index contributed by atoms with van der Waals surface area (Å²) in [6.45, 7) is 1.62. The lowest BCUT2D eigenvalue weighted by Crippen LogP contribution is -2.18. The van der Waals surface area contributed by atoms with Crippen LogP contribution in [-0.2, 0) is 0 Å². The molecule has 0 aromatic carbocycles. The fourth-order valence-electron chi connectivity index (χ4n) is 3.21. The normalized spacial score (nSPS) is 20.6. The molecule has 3 nitrogen and oxygen atoms in total. The van der Waals surface area contributed by atoms with Crippen LogP contribution < -0.4 is 11.1 Å². The number of anilines is 2. The number of ketones is 1. The lowest BCUT2D eigenvalue weighted by Gasteiger charge is -2.17. The van der Waals surface area contributed by atoms with Crippen LogP contribution in [0.1, 0.15) is 79.4 Å². The fourth-order valence-corrected chi connectivity index (χ4v) is 4.39. The molecule has 0 atom stereocenters. The highest BCUT2D eigenvalue weighted by atomic mass is 32.1. The van der Waals surface area contributed by atoms with Crippen LogP contribution in [0.4, 0.5) is 10.7 Å². The van der Waals surface area contributed by atoms with E-state index in [2.05, 4.69) is 5.32 Å². The second-order valence-corrected chi connectivity index (χ2v) is 7.27. The number of rotatable bonds is 4. The summed E-state index contributed by atoms with van der Waals surface area (Å²) in [6, 6.07) is 0.563. The predicted molar refractivity (Wildman–Crippen MR) is 85.8 cm³/mol. The molecular formula is C16H24N2OS. The van der Waals surface area contributed by atoms with Gasteiger partial charge in [0.15, 0.2) is 5.78 Å². The van der Waals surface area contributed by atoms with Gasteiger partial charge in [0.05, 0.1) is 15.6 Å². The Labute approximate surface area is 124 Å². The summed E-state index contributed by atoms with van der Waals surface area (Å²) < 4.78 is 0. The first-order valence-corrected chi connectivity index (χ1v) is 8.68. The van der Waals surface area contributed by atoms with Gasteiger partial charge in [0.25, 0.3) is 0 Å². The van der Waals surface area contributed by atoms with Gasteiger partial charge in [0.1, 0.15) is 0 Å². The molecular weight excluding hydrogens is 268 g/mol. The van der Waals surface area contributed by atoms with E-state index in [0.29, 0.717) is 12.0 Å². The van der Waals surface area contributed by atoms with Crippen molar-refractivity contribution in [2.45, 2.75) is 70.3 Å². The molecule has 2 aliphatic carbocycles. The Hall–Kier alpha value is -1.03. The van der Waals surface area contributed by atoms with Gasteiger partial charge >= 0.3 is 0 Å². The Morgan fingerprint density at radius 2 is 1.80 bits per heavy atom. The summed E-state index contributed by atoms with van der Waals surface area (Å²) >= 11 is 1.58. The minimum Gasteiger partial charge on any atom is -0.397 e. The number of hydrogen-bond donors (Lipinski definition) is 2. The summed E-state index contributed by atoms with van der Waals surface area (Å²) in [5, 5.41) is 4.90. The largest absolute Gasteiger partial charge is 0.397 e. The molecule has 110 valence electrons. The molecule has 0 aliphatic heterocycles. The molecule has 0 unspecified atom stereocenters. The fraction of sp³-hybridized carbons (Fsp3) is 0.688. The average Bonchev–Trinajstić information content (AvgIpc) is 3.20. The van der Waals surface area contributed by atoms with E-state index < -0.39 is 0 Å². The molecule has 2 fully saturated rings. The average molecular weight is 292 g/mol. The lowest BCUT2D eigenvalue weighted by atomic mass is 10.1. The second-order valence-electron chi connectivity index (χ2n) is 6.25. The van der Waals surface area contributed by atoms with Gasteiger partial charge in [0, 0.05) is 18.5 Å². The van der Waals surface area contributed by atoms with Crippen molar-refractivity contribution in [1.82, 2.24) is 0 Å². The van der Waals surface area contributed by atoms with Gasteiger partial charge < -0.3 is 11.1 Å². The third kappa shape index (κ3) is 2.85. The van der Waals surface area contributed by atoms with E-state index in [1.165, 1.54) is 61.9 Å². The van der Waals surface area contributed by atoms with E-state index in [0.717, 1.165) is 10.6 Å². The molecule has 2 saturated carbocycles. The second kappa shape index (κ2) is 5.76. The number of Topliss-reactive ketones (excluding diaryl/α,β-unsaturated/α-hetero) is 1.